The van der Waals surface area contributed by atoms with Crippen molar-refractivity contribution in [3.8, 4) is 0 Å². The van der Waals surface area contributed by atoms with Gasteiger partial charge in [0.15, 0.2) is 11.6 Å². The van der Waals surface area contributed by atoms with Gasteiger partial charge in [0.1, 0.15) is 5.15 Å². The SMILES string of the molecule is Cc1cccc2cc(C=Nn3c(C)nnc3C)c(Cl)nc12. The van der Waals surface area contributed by atoms with Gasteiger partial charge in [0, 0.05) is 10.9 Å². The van der Waals surface area contributed by atoms with Gasteiger partial charge in [0.25, 0.3) is 0 Å². The third kappa shape index (κ3) is 2.52. The average Bonchev–Trinajstić information content (AvgIpc) is 2.77. The van der Waals surface area contributed by atoms with Crippen LogP contribution in [-0.4, -0.2) is 26.1 Å². The van der Waals surface area contributed by atoms with Crippen LogP contribution < -0.4 is 0 Å². The molecular weight excluding hydrogens is 286 g/mol. The number of benzene rings is 1. The van der Waals surface area contributed by atoms with E-state index in [-0.39, 0.29) is 0 Å². The fraction of sp³-hybridized carbons (Fsp3) is 0.200. The van der Waals surface area contributed by atoms with Crippen LogP contribution in [0, 0.1) is 20.8 Å². The van der Waals surface area contributed by atoms with Crippen molar-refractivity contribution in [1.82, 2.24) is 19.9 Å². The van der Waals surface area contributed by atoms with Gasteiger partial charge in [0.05, 0.1) is 11.7 Å². The highest BCUT2D eigenvalue weighted by Crippen LogP contribution is 2.21. The number of fused-ring (bicyclic) bond motifs is 1. The van der Waals surface area contributed by atoms with Crippen LogP contribution in [0.4, 0.5) is 0 Å². The summed E-state index contributed by atoms with van der Waals surface area (Å²) in [6.45, 7) is 5.71. The van der Waals surface area contributed by atoms with Crippen molar-refractivity contribution in [3.05, 3.63) is 52.2 Å². The summed E-state index contributed by atoms with van der Waals surface area (Å²) in [4.78, 5) is 4.45. The Kier molecular flexibility index (Phi) is 3.43. The van der Waals surface area contributed by atoms with Crippen molar-refractivity contribution in [1.29, 1.82) is 0 Å². The predicted molar refractivity (Wildman–Crippen MR) is 84.0 cm³/mol. The Bertz CT molecular complexity index is 831. The van der Waals surface area contributed by atoms with Gasteiger partial charge in [-0.3, -0.25) is 0 Å². The van der Waals surface area contributed by atoms with E-state index in [1.807, 2.05) is 45.0 Å². The molecule has 2 aromatic heterocycles. The van der Waals surface area contributed by atoms with Gasteiger partial charge in [0.2, 0.25) is 0 Å². The summed E-state index contributed by atoms with van der Waals surface area (Å²) < 4.78 is 1.66. The van der Waals surface area contributed by atoms with Gasteiger partial charge >= 0.3 is 0 Å². The van der Waals surface area contributed by atoms with E-state index in [9.17, 15) is 0 Å². The number of aromatic nitrogens is 4. The molecule has 3 aromatic rings. The summed E-state index contributed by atoms with van der Waals surface area (Å²) in [5, 5.41) is 13.8. The minimum absolute atomic E-state index is 0.434. The number of pyridine rings is 1. The van der Waals surface area contributed by atoms with Gasteiger partial charge < -0.3 is 0 Å². The highest BCUT2D eigenvalue weighted by Gasteiger charge is 2.06. The highest BCUT2D eigenvalue weighted by atomic mass is 35.5. The third-order valence-electron chi connectivity index (χ3n) is 3.29. The molecule has 0 spiro atoms. The maximum Gasteiger partial charge on any atom is 0.151 e. The van der Waals surface area contributed by atoms with Crippen LogP contribution in [0.1, 0.15) is 22.8 Å². The lowest BCUT2D eigenvalue weighted by Crippen LogP contribution is -1.97. The Balaban J connectivity index is 2.07. The second-order valence-electron chi connectivity index (χ2n) is 4.87. The summed E-state index contributed by atoms with van der Waals surface area (Å²) in [5.74, 6) is 1.45. The van der Waals surface area contributed by atoms with Gasteiger partial charge in [-0.25, -0.2) is 9.66 Å². The van der Waals surface area contributed by atoms with Crippen molar-refractivity contribution in [2.24, 2.45) is 5.10 Å². The number of rotatable bonds is 2. The molecule has 0 aliphatic rings. The minimum atomic E-state index is 0.434. The largest absolute Gasteiger partial charge is 0.235 e. The molecule has 0 fully saturated rings. The van der Waals surface area contributed by atoms with Crippen molar-refractivity contribution >= 4 is 28.7 Å². The molecule has 0 saturated heterocycles. The first-order chi connectivity index (χ1) is 10.1. The van der Waals surface area contributed by atoms with Gasteiger partial charge in [-0.05, 0) is 32.4 Å². The van der Waals surface area contributed by atoms with Crippen molar-refractivity contribution < 1.29 is 0 Å². The zero-order valence-electron chi connectivity index (χ0n) is 12.0. The summed E-state index contributed by atoms with van der Waals surface area (Å²) in [5.41, 5.74) is 2.78. The van der Waals surface area contributed by atoms with E-state index in [1.54, 1.807) is 10.9 Å². The van der Waals surface area contributed by atoms with E-state index in [4.69, 9.17) is 11.6 Å². The van der Waals surface area contributed by atoms with E-state index >= 15 is 0 Å². The van der Waals surface area contributed by atoms with Crippen LogP contribution in [0.25, 0.3) is 10.9 Å². The molecule has 3 rings (SSSR count). The molecule has 0 amide bonds. The Morgan fingerprint density at radius 2 is 1.86 bits per heavy atom. The van der Waals surface area contributed by atoms with Crippen LogP contribution in [0.15, 0.2) is 29.4 Å². The van der Waals surface area contributed by atoms with E-state index in [0.29, 0.717) is 5.15 Å². The van der Waals surface area contributed by atoms with E-state index in [1.165, 1.54) is 0 Å². The summed E-state index contributed by atoms with van der Waals surface area (Å²) >= 11 is 6.25. The minimum Gasteiger partial charge on any atom is -0.235 e. The van der Waals surface area contributed by atoms with Crippen LogP contribution in [0.2, 0.25) is 5.15 Å². The molecule has 2 heterocycles. The Labute approximate surface area is 127 Å². The number of aryl methyl sites for hydroxylation is 3. The van der Waals surface area contributed by atoms with Crippen LogP contribution in [-0.2, 0) is 0 Å². The summed E-state index contributed by atoms with van der Waals surface area (Å²) in [7, 11) is 0. The van der Waals surface area contributed by atoms with E-state index in [0.717, 1.165) is 33.7 Å². The second-order valence-corrected chi connectivity index (χ2v) is 5.22. The lowest BCUT2D eigenvalue weighted by Gasteiger charge is -2.04. The number of halogens is 1. The molecule has 0 saturated carbocycles. The Morgan fingerprint density at radius 3 is 2.57 bits per heavy atom. The fourth-order valence-electron chi connectivity index (χ4n) is 2.18. The Morgan fingerprint density at radius 1 is 1.14 bits per heavy atom. The Hall–Kier alpha value is -2.27. The molecule has 5 nitrogen and oxygen atoms in total. The molecule has 0 atom stereocenters. The quantitative estimate of drug-likeness (QED) is 0.539. The molecule has 1 aromatic carbocycles. The first-order valence-corrected chi connectivity index (χ1v) is 6.93. The highest BCUT2D eigenvalue weighted by molar-refractivity contribution is 6.32. The van der Waals surface area contributed by atoms with Gasteiger partial charge in [-0.2, -0.15) is 5.10 Å². The molecule has 0 radical (unpaired) electrons. The summed E-state index contributed by atoms with van der Waals surface area (Å²) in [6, 6.07) is 8.01. The van der Waals surface area contributed by atoms with E-state index in [2.05, 4.69) is 20.3 Å². The third-order valence-corrected chi connectivity index (χ3v) is 3.60. The van der Waals surface area contributed by atoms with Crippen LogP contribution in [0.3, 0.4) is 0 Å². The molecular formula is C15H14ClN5. The first kappa shape index (κ1) is 13.7. The topological polar surface area (TPSA) is 56.0 Å². The number of para-hydroxylation sites is 1. The number of nitrogens with zero attached hydrogens (tertiary/aromatic N) is 5. The summed E-state index contributed by atoms with van der Waals surface area (Å²) in [6.07, 6.45) is 1.68. The maximum absolute atomic E-state index is 6.25. The molecule has 0 aliphatic carbocycles. The van der Waals surface area contributed by atoms with Crippen LogP contribution in [0.5, 0.6) is 0 Å². The van der Waals surface area contributed by atoms with Gasteiger partial charge in [-0.1, -0.05) is 29.8 Å². The predicted octanol–water partition coefficient (Wildman–Crippen LogP) is 3.29. The zero-order valence-corrected chi connectivity index (χ0v) is 12.8. The fourth-order valence-corrected chi connectivity index (χ4v) is 2.37. The second kappa shape index (κ2) is 5.26. The molecule has 0 N–H and O–H groups in total. The molecule has 0 aliphatic heterocycles. The normalized spacial score (nSPS) is 11.6. The van der Waals surface area contributed by atoms with E-state index < -0.39 is 0 Å². The lowest BCUT2D eigenvalue weighted by molar-refractivity contribution is 0.799. The monoisotopic (exact) mass is 299 g/mol. The molecule has 21 heavy (non-hydrogen) atoms. The molecule has 6 heteroatoms. The first-order valence-electron chi connectivity index (χ1n) is 6.55. The smallest absolute Gasteiger partial charge is 0.151 e. The van der Waals surface area contributed by atoms with Crippen molar-refractivity contribution in [2.75, 3.05) is 0 Å². The molecule has 106 valence electrons. The number of hydrogen-bond acceptors (Lipinski definition) is 4. The standard InChI is InChI=1S/C15H14ClN5/c1-9-5-4-6-12-7-13(15(16)18-14(9)12)8-17-21-10(2)19-20-11(21)3/h4-8H,1-3H3. The zero-order chi connectivity index (χ0) is 15.0. The maximum atomic E-state index is 6.25. The average molecular weight is 300 g/mol. The molecule has 0 unspecified atom stereocenters. The van der Waals surface area contributed by atoms with Gasteiger partial charge in [-0.15, -0.1) is 10.2 Å². The van der Waals surface area contributed by atoms with Crippen LogP contribution >= 0.6 is 11.6 Å². The lowest BCUT2D eigenvalue weighted by atomic mass is 10.1. The number of hydrogen-bond donors (Lipinski definition) is 0. The van der Waals surface area contributed by atoms with Crippen molar-refractivity contribution in [2.45, 2.75) is 20.8 Å². The van der Waals surface area contributed by atoms with Crippen molar-refractivity contribution in [3.63, 3.8) is 0 Å². The molecule has 0 bridgehead atoms.